The molecule has 11 heteroatoms. The van der Waals surface area contributed by atoms with Crippen LogP contribution in [0.5, 0.6) is 0 Å². The molecule has 170 valence electrons. The zero-order valence-electron chi connectivity index (χ0n) is 17.8. The number of hydrogen-bond donors (Lipinski definition) is 1. The minimum atomic E-state index is -3.53. The first-order valence-corrected chi connectivity index (χ1v) is 13.3. The summed E-state index contributed by atoms with van der Waals surface area (Å²) in [5, 5.41) is 5.87. The molecule has 0 spiro atoms. The van der Waals surface area contributed by atoms with E-state index in [1.165, 1.54) is 10.5 Å². The Morgan fingerprint density at radius 3 is 2.62 bits per heavy atom. The van der Waals surface area contributed by atoms with E-state index in [9.17, 15) is 13.2 Å². The van der Waals surface area contributed by atoms with Crippen LogP contribution in [0.3, 0.4) is 0 Å². The molecular formula is C21H26N6O3S2. The van der Waals surface area contributed by atoms with Gasteiger partial charge in [0.1, 0.15) is 5.65 Å². The number of nitrogens with zero attached hydrogens (tertiary/aromatic N) is 5. The Kier molecular flexibility index (Phi) is 5.72. The Morgan fingerprint density at radius 1 is 1.12 bits per heavy atom. The Hall–Kier alpha value is -2.37. The molecule has 32 heavy (non-hydrogen) atoms. The highest BCUT2D eigenvalue weighted by Crippen LogP contribution is 2.35. The van der Waals surface area contributed by atoms with Crippen LogP contribution >= 0.6 is 11.3 Å². The van der Waals surface area contributed by atoms with Crippen LogP contribution in [0.4, 0.5) is 5.95 Å². The first kappa shape index (κ1) is 21.5. The summed E-state index contributed by atoms with van der Waals surface area (Å²) in [4.78, 5) is 25.8. The minimum Gasteiger partial charge on any atom is -0.351 e. The fraction of sp³-hybridized carbons (Fsp3) is 0.524. The third kappa shape index (κ3) is 3.93. The van der Waals surface area contributed by atoms with Gasteiger partial charge < -0.3 is 5.32 Å². The maximum atomic E-state index is 12.7. The van der Waals surface area contributed by atoms with Crippen molar-refractivity contribution in [2.75, 3.05) is 18.4 Å². The summed E-state index contributed by atoms with van der Waals surface area (Å²) in [5.41, 5.74) is 0.638. The summed E-state index contributed by atoms with van der Waals surface area (Å²) < 4.78 is 28.8. The lowest BCUT2D eigenvalue weighted by molar-refractivity contribution is 0.329. The van der Waals surface area contributed by atoms with Crippen LogP contribution in [0.15, 0.2) is 39.0 Å². The molecule has 0 amide bonds. The highest BCUT2D eigenvalue weighted by molar-refractivity contribution is 7.91. The lowest BCUT2D eigenvalue weighted by atomic mass is 10.1. The zero-order valence-corrected chi connectivity index (χ0v) is 19.5. The van der Waals surface area contributed by atoms with Gasteiger partial charge in [-0.1, -0.05) is 13.3 Å². The van der Waals surface area contributed by atoms with Crippen LogP contribution in [-0.2, 0) is 10.0 Å². The van der Waals surface area contributed by atoms with E-state index in [-0.39, 0.29) is 22.0 Å². The number of rotatable bonds is 5. The van der Waals surface area contributed by atoms with E-state index in [4.69, 9.17) is 4.98 Å². The first-order valence-electron chi connectivity index (χ1n) is 11.0. The standard InChI is InChI=1S/C21H26N6O3S2/c1-14-3-2-4-17(14)27-18(28)6-5-15-13-23-20(25-19(15)27)24-16-7-10-26(11-8-16)32(29,30)21-22-9-12-31-21/h5-6,9,12-14,16-17H,2-4,7-8,10-11H2,1H3,(H,23,24,25)/t14-,17+/m0/s1. The molecule has 1 saturated heterocycles. The van der Waals surface area contributed by atoms with Crippen LogP contribution in [0.25, 0.3) is 11.0 Å². The van der Waals surface area contributed by atoms with Crippen molar-refractivity contribution in [2.24, 2.45) is 5.92 Å². The van der Waals surface area contributed by atoms with E-state index in [2.05, 4.69) is 22.2 Å². The monoisotopic (exact) mass is 474 g/mol. The van der Waals surface area contributed by atoms with Crippen molar-refractivity contribution in [1.82, 2.24) is 23.8 Å². The highest BCUT2D eigenvalue weighted by atomic mass is 32.2. The van der Waals surface area contributed by atoms with E-state index < -0.39 is 10.0 Å². The second-order valence-electron chi connectivity index (χ2n) is 8.61. The largest absolute Gasteiger partial charge is 0.351 e. The van der Waals surface area contributed by atoms with Crippen LogP contribution in [0.1, 0.15) is 45.1 Å². The fourth-order valence-electron chi connectivity index (χ4n) is 4.81. The maximum absolute atomic E-state index is 12.7. The van der Waals surface area contributed by atoms with E-state index in [0.29, 0.717) is 43.4 Å². The van der Waals surface area contributed by atoms with Crippen molar-refractivity contribution in [3.05, 3.63) is 40.3 Å². The molecule has 4 heterocycles. The quantitative estimate of drug-likeness (QED) is 0.605. The summed E-state index contributed by atoms with van der Waals surface area (Å²) in [5.74, 6) is 0.914. The number of thiazole rings is 1. The van der Waals surface area contributed by atoms with Crippen LogP contribution < -0.4 is 10.9 Å². The molecule has 2 fully saturated rings. The van der Waals surface area contributed by atoms with Crippen molar-refractivity contribution in [3.8, 4) is 0 Å². The second kappa shape index (κ2) is 8.53. The number of anilines is 1. The lowest BCUT2D eigenvalue weighted by Gasteiger charge is -2.31. The normalized spacial score (nSPS) is 23.0. The Labute approximate surface area is 190 Å². The molecule has 1 saturated carbocycles. The Balaban J connectivity index is 1.34. The van der Waals surface area contributed by atoms with Crippen molar-refractivity contribution in [3.63, 3.8) is 0 Å². The average Bonchev–Trinajstić information content (AvgIpc) is 3.47. The van der Waals surface area contributed by atoms with Crippen molar-refractivity contribution >= 4 is 38.3 Å². The average molecular weight is 475 g/mol. The molecule has 2 aliphatic rings. The number of pyridine rings is 1. The molecule has 5 rings (SSSR count). The van der Waals surface area contributed by atoms with Crippen LogP contribution in [-0.4, -0.2) is 51.4 Å². The highest BCUT2D eigenvalue weighted by Gasteiger charge is 2.31. The van der Waals surface area contributed by atoms with Gasteiger partial charge in [0.2, 0.25) is 10.3 Å². The van der Waals surface area contributed by atoms with Gasteiger partial charge in [-0.15, -0.1) is 11.3 Å². The van der Waals surface area contributed by atoms with Crippen molar-refractivity contribution < 1.29 is 8.42 Å². The van der Waals surface area contributed by atoms with Crippen LogP contribution in [0.2, 0.25) is 0 Å². The Morgan fingerprint density at radius 2 is 1.94 bits per heavy atom. The molecule has 2 atom stereocenters. The third-order valence-corrected chi connectivity index (χ3v) is 9.65. The Bertz CT molecular complexity index is 1270. The summed E-state index contributed by atoms with van der Waals surface area (Å²) in [6.45, 7) is 3.02. The van der Waals surface area contributed by atoms with Crippen molar-refractivity contribution in [2.45, 2.75) is 55.5 Å². The molecule has 0 radical (unpaired) electrons. The summed E-state index contributed by atoms with van der Waals surface area (Å²) >= 11 is 1.14. The number of fused-ring (bicyclic) bond motifs is 1. The van der Waals surface area contributed by atoms with E-state index >= 15 is 0 Å². The molecule has 3 aromatic heterocycles. The molecule has 0 unspecified atom stereocenters. The van der Waals surface area contributed by atoms with E-state index in [1.54, 1.807) is 23.7 Å². The van der Waals surface area contributed by atoms with Gasteiger partial charge in [-0.25, -0.2) is 18.4 Å². The van der Waals surface area contributed by atoms with Gasteiger partial charge in [0.15, 0.2) is 0 Å². The number of aromatic nitrogens is 4. The number of sulfonamides is 1. The lowest BCUT2D eigenvalue weighted by Crippen LogP contribution is -2.42. The summed E-state index contributed by atoms with van der Waals surface area (Å²) in [6, 6.07) is 3.60. The number of nitrogens with one attached hydrogen (secondary N) is 1. The summed E-state index contributed by atoms with van der Waals surface area (Å²) in [6.07, 6.45) is 7.77. The van der Waals surface area contributed by atoms with Crippen molar-refractivity contribution in [1.29, 1.82) is 0 Å². The molecular weight excluding hydrogens is 448 g/mol. The predicted octanol–water partition coefficient (Wildman–Crippen LogP) is 2.87. The molecule has 1 aliphatic heterocycles. The summed E-state index contributed by atoms with van der Waals surface area (Å²) in [7, 11) is -3.53. The predicted molar refractivity (Wildman–Crippen MR) is 123 cm³/mol. The molecule has 0 aromatic carbocycles. The van der Waals surface area contributed by atoms with Gasteiger partial charge in [-0.2, -0.15) is 9.29 Å². The number of piperidine rings is 1. The van der Waals surface area contributed by atoms with Gasteiger partial charge in [0, 0.05) is 54.4 Å². The molecule has 1 N–H and O–H groups in total. The third-order valence-electron chi connectivity index (χ3n) is 6.57. The van der Waals surface area contributed by atoms with E-state index in [0.717, 1.165) is 36.0 Å². The SMILES string of the molecule is C[C@H]1CCC[C@H]1n1c(=O)ccc2cnc(NC3CCN(S(=O)(=O)c4nccs4)CC3)nc21. The van der Waals surface area contributed by atoms with Gasteiger partial charge in [0.05, 0.1) is 0 Å². The zero-order chi connectivity index (χ0) is 22.3. The first-order chi connectivity index (χ1) is 15.4. The molecule has 3 aromatic rings. The molecule has 0 bridgehead atoms. The van der Waals surface area contributed by atoms with Gasteiger partial charge >= 0.3 is 0 Å². The topological polar surface area (TPSA) is 110 Å². The van der Waals surface area contributed by atoms with E-state index in [1.807, 2.05) is 4.57 Å². The van der Waals surface area contributed by atoms with Gasteiger partial charge in [-0.3, -0.25) is 9.36 Å². The smallest absolute Gasteiger partial charge is 0.270 e. The van der Waals surface area contributed by atoms with Gasteiger partial charge in [-0.05, 0) is 37.7 Å². The molecule has 9 nitrogen and oxygen atoms in total. The van der Waals surface area contributed by atoms with Crippen LogP contribution in [0, 0.1) is 5.92 Å². The van der Waals surface area contributed by atoms with Gasteiger partial charge in [0.25, 0.3) is 15.6 Å². The number of hydrogen-bond acceptors (Lipinski definition) is 8. The maximum Gasteiger partial charge on any atom is 0.270 e. The molecule has 1 aliphatic carbocycles. The minimum absolute atomic E-state index is 0.0263. The fourth-order valence-corrected chi connectivity index (χ4v) is 7.24. The second-order valence-corrected chi connectivity index (χ2v) is 11.6.